The van der Waals surface area contributed by atoms with Crippen LogP contribution >= 0.6 is 0 Å². The maximum Gasteiger partial charge on any atom is 0.234 e. The second kappa shape index (κ2) is 8.23. The van der Waals surface area contributed by atoms with Crippen LogP contribution in [0.15, 0.2) is 42.5 Å². The Hall–Kier alpha value is -2.53. The van der Waals surface area contributed by atoms with E-state index in [4.69, 9.17) is 9.47 Å². The van der Waals surface area contributed by atoms with Crippen molar-refractivity contribution >= 4 is 5.91 Å². The van der Waals surface area contributed by atoms with Gasteiger partial charge in [0.05, 0.1) is 26.8 Å². The van der Waals surface area contributed by atoms with Gasteiger partial charge in [0.15, 0.2) is 0 Å². The van der Waals surface area contributed by atoms with Crippen molar-refractivity contribution in [3.63, 3.8) is 0 Å². The summed E-state index contributed by atoms with van der Waals surface area (Å²) < 4.78 is 10.7. The number of carbonyl (C=O) groups excluding carboxylic acids is 1. The third kappa shape index (κ3) is 4.17. The smallest absolute Gasteiger partial charge is 0.234 e. The first-order chi connectivity index (χ1) is 12.6. The highest BCUT2D eigenvalue weighted by Gasteiger charge is 2.20. The molecule has 1 atom stereocenters. The fourth-order valence-electron chi connectivity index (χ4n) is 3.43. The van der Waals surface area contributed by atoms with Crippen molar-refractivity contribution in [2.75, 3.05) is 27.3 Å². The van der Waals surface area contributed by atoms with E-state index in [-0.39, 0.29) is 11.9 Å². The van der Waals surface area contributed by atoms with Crippen molar-refractivity contribution in [2.45, 2.75) is 25.9 Å². The summed E-state index contributed by atoms with van der Waals surface area (Å²) >= 11 is 0. The number of ether oxygens (including phenoxy) is 2. The molecule has 1 aliphatic rings. The summed E-state index contributed by atoms with van der Waals surface area (Å²) in [4.78, 5) is 14.7. The zero-order valence-corrected chi connectivity index (χ0v) is 15.6. The van der Waals surface area contributed by atoms with Crippen LogP contribution < -0.4 is 14.8 Å². The summed E-state index contributed by atoms with van der Waals surface area (Å²) in [5.74, 6) is 1.50. The predicted octanol–water partition coefficient (Wildman–Crippen LogP) is 2.94. The molecule has 0 bridgehead atoms. The van der Waals surface area contributed by atoms with E-state index in [0.29, 0.717) is 6.54 Å². The van der Waals surface area contributed by atoms with Gasteiger partial charge in [0.1, 0.15) is 11.5 Å². The van der Waals surface area contributed by atoms with Gasteiger partial charge in [-0.1, -0.05) is 24.3 Å². The van der Waals surface area contributed by atoms with Gasteiger partial charge >= 0.3 is 0 Å². The monoisotopic (exact) mass is 354 g/mol. The van der Waals surface area contributed by atoms with Gasteiger partial charge in [-0.05, 0) is 42.7 Å². The van der Waals surface area contributed by atoms with Gasteiger partial charge in [0.25, 0.3) is 0 Å². The molecule has 138 valence electrons. The molecule has 1 aliphatic heterocycles. The molecule has 0 radical (unpaired) electrons. The largest absolute Gasteiger partial charge is 0.497 e. The van der Waals surface area contributed by atoms with Gasteiger partial charge in [-0.3, -0.25) is 9.69 Å². The van der Waals surface area contributed by atoms with Crippen LogP contribution in [0.5, 0.6) is 11.5 Å². The molecule has 2 aromatic carbocycles. The molecular formula is C21H26N2O3. The number of fused-ring (bicyclic) bond motifs is 1. The summed E-state index contributed by atoms with van der Waals surface area (Å²) in [6, 6.07) is 13.9. The van der Waals surface area contributed by atoms with Crippen molar-refractivity contribution in [2.24, 2.45) is 0 Å². The third-order valence-electron chi connectivity index (χ3n) is 4.86. The number of nitrogens with zero attached hydrogens (tertiary/aromatic N) is 1. The number of hydrogen-bond acceptors (Lipinski definition) is 4. The quantitative estimate of drug-likeness (QED) is 0.867. The summed E-state index contributed by atoms with van der Waals surface area (Å²) in [5, 5.41) is 3.08. The zero-order valence-electron chi connectivity index (χ0n) is 15.6. The molecule has 0 saturated heterocycles. The van der Waals surface area contributed by atoms with Gasteiger partial charge in [-0.15, -0.1) is 0 Å². The first kappa shape index (κ1) is 18.3. The van der Waals surface area contributed by atoms with Crippen LogP contribution in [0, 0.1) is 0 Å². The number of carbonyl (C=O) groups is 1. The molecule has 0 aliphatic carbocycles. The molecule has 0 fully saturated rings. The number of nitrogens with one attached hydrogen (secondary N) is 1. The summed E-state index contributed by atoms with van der Waals surface area (Å²) in [7, 11) is 3.26. The molecule has 3 rings (SSSR count). The lowest BCUT2D eigenvalue weighted by Gasteiger charge is -2.28. The second-order valence-corrected chi connectivity index (χ2v) is 6.63. The Kier molecular flexibility index (Phi) is 5.78. The molecule has 1 amide bonds. The van der Waals surface area contributed by atoms with E-state index in [1.807, 2.05) is 25.1 Å². The highest BCUT2D eigenvalue weighted by molar-refractivity contribution is 5.78. The molecule has 1 N–H and O–H groups in total. The molecule has 5 heteroatoms. The van der Waals surface area contributed by atoms with Gasteiger partial charge in [0, 0.05) is 18.7 Å². The van der Waals surface area contributed by atoms with Crippen LogP contribution in [0.4, 0.5) is 0 Å². The van der Waals surface area contributed by atoms with E-state index < -0.39 is 0 Å². The van der Waals surface area contributed by atoms with Crippen LogP contribution in [-0.4, -0.2) is 38.1 Å². The Bertz CT molecular complexity index is 776. The lowest BCUT2D eigenvalue weighted by atomic mass is 10.00. The van der Waals surface area contributed by atoms with Crippen molar-refractivity contribution in [3.8, 4) is 11.5 Å². The number of rotatable bonds is 6. The first-order valence-electron chi connectivity index (χ1n) is 8.91. The lowest BCUT2D eigenvalue weighted by Crippen LogP contribution is -2.40. The number of benzene rings is 2. The van der Waals surface area contributed by atoms with E-state index >= 15 is 0 Å². The average molecular weight is 354 g/mol. The Morgan fingerprint density at radius 3 is 2.65 bits per heavy atom. The minimum atomic E-state index is -0.162. The van der Waals surface area contributed by atoms with E-state index in [1.54, 1.807) is 14.2 Å². The maximum absolute atomic E-state index is 12.5. The highest BCUT2D eigenvalue weighted by atomic mass is 16.5. The van der Waals surface area contributed by atoms with E-state index in [2.05, 4.69) is 34.5 Å². The Labute approximate surface area is 154 Å². The number of methoxy groups -OCH3 is 2. The SMILES string of the molecule is COc1ccc(OC)c([C@H](C)NC(=O)CN2CCc3ccccc3C2)c1. The standard InChI is InChI=1S/C21H26N2O3/c1-15(19-12-18(25-2)8-9-20(19)26-3)22-21(24)14-23-11-10-16-6-4-5-7-17(16)13-23/h4-9,12,15H,10-11,13-14H2,1-3H3,(H,22,24)/t15-/m0/s1. The average Bonchev–Trinajstić information content (AvgIpc) is 2.67. The van der Waals surface area contributed by atoms with Crippen LogP contribution in [-0.2, 0) is 17.8 Å². The Morgan fingerprint density at radius 1 is 1.15 bits per heavy atom. The van der Waals surface area contributed by atoms with Crippen LogP contribution in [0.25, 0.3) is 0 Å². The number of hydrogen-bond donors (Lipinski definition) is 1. The number of amides is 1. The van der Waals surface area contributed by atoms with Gasteiger partial charge in [-0.2, -0.15) is 0 Å². The van der Waals surface area contributed by atoms with Crippen LogP contribution in [0.3, 0.4) is 0 Å². The van der Waals surface area contributed by atoms with Crippen molar-refractivity contribution in [1.29, 1.82) is 0 Å². The van der Waals surface area contributed by atoms with Crippen LogP contribution in [0.2, 0.25) is 0 Å². The Balaban J connectivity index is 1.62. The van der Waals surface area contributed by atoms with Gasteiger partial charge in [-0.25, -0.2) is 0 Å². The highest BCUT2D eigenvalue weighted by Crippen LogP contribution is 2.29. The fourth-order valence-corrected chi connectivity index (χ4v) is 3.43. The molecular weight excluding hydrogens is 328 g/mol. The van der Waals surface area contributed by atoms with Crippen molar-refractivity contribution < 1.29 is 14.3 Å². The molecule has 0 aromatic heterocycles. The summed E-state index contributed by atoms with van der Waals surface area (Å²) in [5.41, 5.74) is 3.61. The minimum absolute atomic E-state index is 0.0155. The van der Waals surface area contributed by atoms with E-state index in [1.165, 1.54) is 11.1 Å². The second-order valence-electron chi connectivity index (χ2n) is 6.63. The lowest BCUT2D eigenvalue weighted by molar-refractivity contribution is -0.123. The maximum atomic E-state index is 12.5. The molecule has 2 aromatic rings. The van der Waals surface area contributed by atoms with E-state index in [0.717, 1.165) is 36.6 Å². The minimum Gasteiger partial charge on any atom is -0.497 e. The summed E-state index contributed by atoms with van der Waals surface area (Å²) in [6.45, 7) is 4.08. The van der Waals surface area contributed by atoms with Gasteiger partial charge in [0.2, 0.25) is 5.91 Å². The van der Waals surface area contributed by atoms with Crippen LogP contribution in [0.1, 0.15) is 29.7 Å². The third-order valence-corrected chi connectivity index (χ3v) is 4.86. The molecule has 1 heterocycles. The first-order valence-corrected chi connectivity index (χ1v) is 8.91. The molecule has 26 heavy (non-hydrogen) atoms. The molecule has 0 saturated carbocycles. The zero-order chi connectivity index (χ0) is 18.5. The predicted molar refractivity (Wildman–Crippen MR) is 102 cm³/mol. The molecule has 0 unspecified atom stereocenters. The van der Waals surface area contributed by atoms with Crippen molar-refractivity contribution in [3.05, 3.63) is 59.2 Å². The molecule has 0 spiro atoms. The normalized spacial score (nSPS) is 15.0. The fraction of sp³-hybridized carbons (Fsp3) is 0.381. The van der Waals surface area contributed by atoms with Gasteiger partial charge < -0.3 is 14.8 Å². The molecule has 5 nitrogen and oxygen atoms in total. The van der Waals surface area contributed by atoms with Crippen molar-refractivity contribution in [1.82, 2.24) is 10.2 Å². The topological polar surface area (TPSA) is 50.8 Å². The van der Waals surface area contributed by atoms with E-state index in [9.17, 15) is 4.79 Å². The Morgan fingerprint density at radius 2 is 1.92 bits per heavy atom. The summed E-state index contributed by atoms with van der Waals surface area (Å²) in [6.07, 6.45) is 0.989.